The SMILES string of the molecule is C[C@H](COC[C@@H](Cc1ccc(O)cc1)NC(=O)CCc1ccccc1)OC[C@@H](C)O. The number of aromatic hydroxyl groups is 1. The van der Waals surface area contributed by atoms with Gasteiger partial charge in [0.2, 0.25) is 5.91 Å². The molecule has 30 heavy (non-hydrogen) atoms. The lowest BCUT2D eigenvalue weighted by atomic mass is 10.1. The van der Waals surface area contributed by atoms with Crippen molar-refractivity contribution in [3.63, 3.8) is 0 Å². The van der Waals surface area contributed by atoms with Crippen LogP contribution in [0.2, 0.25) is 0 Å². The Morgan fingerprint density at radius 1 is 0.967 bits per heavy atom. The second-order valence-corrected chi connectivity index (χ2v) is 7.65. The maximum atomic E-state index is 12.5. The molecule has 2 aromatic rings. The van der Waals surface area contributed by atoms with Gasteiger partial charge in [-0.15, -0.1) is 0 Å². The average molecular weight is 416 g/mol. The van der Waals surface area contributed by atoms with Gasteiger partial charge in [-0.3, -0.25) is 4.79 Å². The zero-order valence-electron chi connectivity index (χ0n) is 17.8. The van der Waals surface area contributed by atoms with E-state index in [0.717, 1.165) is 11.1 Å². The first-order valence-corrected chi connectivity index (χ1v) is 10.4. The number of phenolic OH excluding ortho intramolecular Hbond substituents is 1. The van der Waals surface area contributed by atoms with Crippen molar-refractivity contribution in [1.29, 1.82) is 0 Å². The molecule has 0 aliphatic carbocycles. The Balaban J connectivity index is 1.86. The van der Waals surface area contributed by atoms with Crippen LogP contribution in [0.25, 0.3) is 0 Å². The fourth-order valence-electron chi connectivity index (χ4n) is 3.00. The minimum Gasteiger partial charge on any atom is -0.508 e. The summed E-state index contributed by atoms with van der Waals surface area (Å²) in [5, 5.41) is 21.8. The highest BCUT2D eigenvalue weighted by Gasteiger charge is 2.15. The van der Waals surface area contributed by atoms with Crippen LogP contribution in [0.1, 0.15) is 31.4 Å². The van der Waals surface area contributed by atoms with E-state index in [9.17, 15) is 15.0 Å². The van der Waals surface area contributed by atoms with E-state index in [4.69, 9.17) is 9.47 Å². The molecule has 0 aromatic heterocycles. The van der Waals surface area contributed by atoms with E-state index in [0.29, 0.717) is 32.5 Å². The Kier molecular flexibility index (Phi) is 10.3. The molecule has 3 N–H and O–H groups in total. The number of nitrogens with one attached hydrogen (secondary N) is 1. The fraction of sp³-hybridized carbons (Fsp3) is 0.458. The number of aliphatic hydroxyl groups excluding tert-OH is 1. The summed E-state index contributed by atoms with van der Waals surface area (Å²) in [5.74, 6) is 0.187. The average Bonchev–Trinajstić information content (AvgIpc) is 2.73. The van der Waals surface area contributed by atoms with E-state index in [1.165, 1.54) is 0 Å². The largest absolute Gasteiger partial charge is 0.508 e. The molecule has 2 rings (SSSR count). The molecule has 0 bridgehead atoms. The molecule has 1 amide bonds. The lowest BCUT2D eigenvalue weighted by Crippen LogP contribution is -2.40. The summed E-state index contributed by atoms with van der Waals surface area (Å²) in [6.07, 6.45) is 1.02. The molecule has 164 valence electrons. The number of hydrogen-bond donors (Lipinski definition) is 3. The van der Waals surface area contributed by atoms with Gasteiger partial charge in [-0.2, -0.15) is 0 Å². The molecule has 6 nitrogen and oxygen atoms in total. The maximum absolute atomic E-state index is 12.5. The Morgan fingerprint density at radius 2 is 1.67 bits per heavy atom. The Bertz CT molecular complexity index is 733. The molecule has 0 aliphatic heterocycles. The van der Waals surface area contributed by atoms with Crippen molar-refractivity contribution >= 4 is 5.91 Å². The zero-order chi connectivity index (χ0) is 21.8. The predicted molar refractivity (Wildman–Crippen MR) is 116 cm³/mol. The smallest absolute Gasteiger partial charge is 0.220 e. The quantitative estimate of drug-likeness (QED) is 0.468. The Hall–Kier alpha value is -2.41. The fourth-order valence-corrected chi connectivity index (χ4v) is 3.00. The molecule has 6 heteroatoms. The molecule has 0 aliphatic rings. The highest BCUT2D eigenvalue weighted by atomic mass is 16.5. The van der Waals surface area contributed by atoms with E-state index in [1.54, 1.807) is 19.1 Å². The molecule has 0 saturated carbocycles. The zero-order valence-corrected chi connectivity index (χ0v) is 17.8. The highest BCUT2D eigenvalue weighted by molar-refractivity contribution is 5.76. The van der Waals surface area contributed by atoms with Crippen LogP contribution in [0.15, 0.2) is 54.6 Å². The number of phenols is 1. The predicted octanol–water partition coefficient (Wildman–Crippen LogP) is 2.85. The minimum absolute atomic E-state index is 0.0235. The number of amides is 1. The summed E-state index contributed by atoms with van der Waals surface area (Å²) in [5.41, 5.74) is 2.13. The standard InChI is InChI=1S/C24H33NO5/c1-18(26)15-30-19(2)16-29-17-22(14-21-8-11-23(27)12-9-21)25-24(28)13-10-20-6-4-3-5-7-20/h3-9,11-12,18-19,22,26-27H,10,13-17H2,1-2H3,(H,25,28)/t18-,19-,22-/m1/s1. The summed E-state index contributed by atoms with van der Waals surface area (Å²) < 4.78 is 11.3. The topological polar surface area (TPSA) is 88.0 Å². The summed E-state index contributed by atoms with van der Waals surface area (Å²) in [4.78, 5) is 12.5. The molecule has 0 radical (unpaired) electrons. The highest BCUT2D eigenvalue weighted by Crippen LogP contribution is 2.12. The van der Waals surface area contributed by atoms with Crippen LogP contribution >= 0.6 is 0 Å². The molecule has 0 heterocycles. The van der Waals surface area contributed by atoms with Gasteiger partial charge >= 0.3 is 0 Å². The first kappa shape index (κ1) is 23.9. The van der Waals surface area contributed by atoms with Gasteiger partial charge in [0.15, 0.2) is 0 Å². The molecule has 2 aromatic carbocycles. The van der Waals surface area contributed by atoms with E-state index in [-0.39, 0.29) is 30.4 Å². The van der Waals surface area contributed by atoms with Crippen LogP contribution in [0.4, 0.5) is 0 Å². The molecule has 0 unspecified atom stereocenters. The lowest BCUT2D eigenvalue weighted by molar-refractivity contribution is -0.122. The molecule has 3 atom stereocenters. The summed E-state index contributed by atoms with van der Waals surface area (Å²) >= 11 is 0. The molecular weight excluding hydrogens is 382 g/mol. The van der Waals surface area contributed by atoms with Gasteiger partial charge in [-0.05, 0) is 49.9 Å². The number of rotatable bonds is 13. The Morgan fingerprint density at radius 3 is 2.33 bits per heavy atom. The lowest BCUT2D eigenvalue weighted by Gasteiger charge is -2.21. The van der Waals surface area contributed by atoms with E-state index in [1.807, 2.05) is 49.4 Å². The van der Waals surface area contributed by atoms with Gasteiger partial charge in [-0.1, -0.05) is 42.5 Å². The van der Waals surface area contributed by atoms with Crippen LogP contribution < -0.4 is 5.32 Å². The van der Waals surface area contributed by atoms with Gasteiger partial charge in [0.1, 0.15) is 5.75 Å². The van der Waals surface area contributed by atoms with Crippen molar-refractivity contribution in [3.8, 4) is 5.75 Å². The molecule has 0 saturated heterocycles. The van der Waals surface area contributed by atoms with E-state index < -0.39 is 6.10 Å². The van der Waals surface area contributed by atoms with E-state index >= 15 is 0 Å². The number of benzene rings is 2. The van der Waals surface area contributed by atoms with Gasteiger partial charge in [0.25, 0.3) is 0 Å². The van der Waals surface area contributed by atoms with Crippen molar-refractivity contribution in [2.24, 2.45) is 0 Å². The number of ether oxygens (including phenoxy) is 2. The van der Waals surface area contributed by atoms with Gasteiger partial charge in [-0.25, -0.2) is 0 Å². The number of carbonyl (C=O) groups excluding carboxylic acids is 1. The van der Waals surface area contributed by atoms with Gasteiger partial charge < -0.3 is 25.0 Å². The first-order chi connectivity index (χ1) is 14.4. The van der Waals surface area contributed by atoms with Crippen molar-refractivity contribution in [3.05, 3.63) is 65.7 Å². The number of aliphatic hydroxyl groups is 1. The summed E-state index contributed by atoms with van der Waals surface area (Å²) in [6.45, 7) is 4.54. The van der Waals surface area contributed by atoms with Gasteiger partial charge in [0, 0.05) is 6.42 Å². The maximum Gasteiger partial charge on any atom is 0.220 e. The van der Waals surface area contributed by atoms with Crippen molar-refractivity contribution in [2.45, 2.75) is 51.4 Å². The van der Waals surface area contributed by atoms with E-state index in [2.05, 4.69) is 5.32 Å². The Labute approximate surface area is 178 Å². The third-order valence-electron chi connectivity index (χ3n) is 4.56. The number of hydrogen-bond acceptors (Lipinski definition) is 5. The van der Waals surface area contributed by atoms with Crippen LogP contribution in [0, 0.1) is 0 Å². The second kappa shape index (κ2) is 13.0. The van der Waals surface area contributed by atoms with Crippen LogP contribution in [-0.2, 0) is 27.1 Å². The third-order valence-corrected chi connectivity index (χ3v) is 4.56. The van der Waals surface area contributed by atoms with Crippen LogP contribution in [0.3, 0.4) is 0 Å². The van der Waals surface area contributed by atoms with Crippen molar-refractivity contribution < 1.29 is 24.5 Å². The molecule has 0 fully saturated rings. The monoisotopic (exact) mass is 415 g/mol. The normalized spacial score (nSPS) is 14.1. The second-order valence-electron chi connectivity index (χ2n) is 7.65. The molecule has 0 spiro atoms. The minimum atomic E-state index is -0.515. The van der Waals surface area contributed by atoms with Crippen LogP contribution in [-0.4, -0.2) is 54.2 Å². The van der Waals surface area contributed by atoms with Gasteiger partial charge in [0.05, 0.1) is 38.1 Å². The molecular formula is C24H33NO5. The van der Waals surface area contributed by atoms with Crippen molar-refractivity contribution in [2.75, 3.05) is 19.8 Å². The summed E-state index contributed by atoms with van der Waals surface area (Å²) in [7, 11) is 0. The third kappa shape index (κ3) is 9.87. The summed E-state index contributed by atoms with van der Waals surface area (Å²) in [6, 6.07) is 16.7. The van der Waals surface area contributed by atoms with Crippen molar-refractivity contribution in [1.82, 2.24) is 5.32 Å². The first-order valence-electron chi connectivity index (χ1n) is 10.4. The number of carbonyl (C=O) groups is 1. The number of aryl methyl sites for hydroxylation is 1. The van der Waals surface area contributed by atoms with Crippen LogP contribution in [0.5, 0.6) is 5.75 Å².